The van der Waals surface area contributed by atoms with Gasteiger partial charge in [-0.1, -0.05) is 60.1 Å². The summed E-state index contributed by atoms with van der Waals surface area (Å²) in [6.07, 6.45) is 0. The highest BCUT2D eigenvalue weighted by atomic mass is 35.5. The molecule has 0 saturated carbocycles. The molecule has 0 aromatic heterocycles. The zero-order valence-corrected chi connectivity index (χ0v) is 13.5. The van der Waals surface area contributed by atoms with Crippen molar-refractivity contribution in [1.29, 1.82) is 0 Å². The highest BCUT2D eigenvalue weighted by Crippen LogP contribution is 2.28. The van der Waals surface area contributed by atoms with Crippen LogP contribution in [-0.2, 0) is 13.2 Å². The van der Waals surface area contributed by atoms with E-state index >= 15 is 0 Å². The zero-order chi connectivity index (χ0) is 16.1. The van der Waals surface area contributed by atoms with Gasteiger partial charge in [-0.25, -0.2) is 0 Å². The van der Waals surface area contributed by atoms with Gasteiger partial charge in [-0.2, -0.15) is 0 Å². The molecule has 0 spiro atoms. The Labute approximate surface area is 141 Å². The van der Waals surface area contributed by atoms with E-state index in [1.165, 1.54) is 0 Å². The molecule has 0 heterocycles. The van der Waals surface area contributed by atoms with Gasteiger partial charge in [0.05, 0.1) is 0 Å². The number of rotatable bonds is 5. The molecule has 3 rings (SSSR count). The van der Waals surface area contributed by atoms with Gasteiger partial charge in [0.25, 0.3) is 0 Å². The lowest BCUT2D eigenvalue weighted by atomic mass is 10.0. The maximum Gasteiger partial charge on any atom is 0.124 e. The Bertz CT molecular complexity index is 769. The molecule has 0 radical (unpaired) electrons. The molecule has 3 aromatic rings. The minimum absolute atomic E-state index is 0.436. The van der Waals surface area contributed by atoms with Crippen LogP contribution >= 0.6 is 11.6 Å². The van der Waals surface area contributed by atoms with Gasteiger partial charge in [-0.3, -0.25) is 0 Å². The molecule has 2 nitrogen and oxygen atoms in total. The van der Waals surface area contributed by atoms with Gasteiger partial charge in [0.2, 0.25) is 0 Å². The van der Waals surface area contributed by atoms with Gasteiger partial charge in [-0.15, -0.1) is 0 Å². The average Bonchev–Trinajstić information content (AvgIpc) is 2.61. The summed E-state index contributed by atoms with van der Waals surface area (Å²) in [5, 5.41) is 0.732. The summed E-state index contributed by atoms with van der Waals surface area (Å²) >= 11 is 5.94. The van der Waals surface area contributed by atoms with Crippen LogP contribution in [0.15, 0.2) is 72.8 Å². The molecule has 0 atom stereocenters. The third kappa shape index (κ3) is 3.92. The molecule has 0 unspecified atom stereocenters. The van der Waals surface area contributed by atoms with Crippen molar-refractivity contribution in [1.82, 2.24) is 0 Å². The van der Waals surface area contributed by atoms with E-state index in [1.807, 2.05) is 66.7 Å². The molecule has 23 heavy (non-hydrogen) atoms. The summed E-state index contributed by atoms with van der Waals surface area (Å²) < 4.78 is 5.92. The van der Waals surface area contributed by atoms with Crippen molar-refractivity contribution in [3.8, 4) is 16.9 Å². The zero-order valence-electron chi connectivity index (χ0n) is 12.7. The van der Waals surface area contributed by atoms with Crippen molar-refractivity contribution in [3.05, 3.63) is 88.9 Å². The fourth-order valence-corrected chi connectivity index (χ4v) is 2.56. The summed E-state index contributed by atoms with van der Waals surface area (Å²) in [7, 11) is 0. The number of benzene rings is 3. The Balaban J connectivity index is 1.80. The maximum absolute atomic E-state index is 5.94. The Morgan fingerprint density at radius 1 is 0.826 bits per heavy atom. The van der Waals surface area contributed by atoms with Crippen LogP contribution in [0.4, 0.5) is 0 Å². The highest BCUT2D eigenvalue weighted by molar-refractivity contribution is 6.30. The Kier molecular flexibility index (Phi) is 4.96. The van der Waals surface area contributed by atoms with Crippen molar-refractivity contribution in [3.63, 3.8) is 0 Å². The quantitative estimate of drug-likeness (QED) is 0.713. The van der Waals surface area contributed by atoms with E-state index in [0.29, 0.717) is 13.2 Å². The third-order valence-corrected chi connectivity index (χ3v) is 3.95. The smallest absolute Gasteiger partial charge is 0.124 e. The first-order chi connectivity index (χ1) is 11.3. The van der Waals surface area contributed by atoms with Gasteiger partial charge in [0.15, 0.2) is 0 Å². The molecule has 3 aromatic carbocycles. The van der Waals surface area contributed by atoms with Crippen LogP contribution in [0, 0.1) is 0 Å². The van der Waals surface area contributed by atoms with Crippen LogP contribution in [0.3, 0.4) is 0 Å². The van der Waals surface area contributed by atoms with Crippen LogP contribution in [0.5, 0.6) is 5.75 Å². The fraction of sp³-hybridized carbons (Fsp3) is 0.100. The first-order valence-electron chi connectivity index (χ1n) is 7.52. The molecule has 2 N–H and O–H groups in total. The number of hydrogen-bond donors (Lipinski definition) is 1. The Morgan fingerprint density at radius 2 is 1.52 bits per heavy atom. The summed E-state index contributed by atoms with van der Waals surface area (Å²) in [5.41, 5.74) is 10.2. The molecule has 0 bridgehead atoms. The number of hydrogen-bond acceptors (Lipinski definition) is 2. The fourth-order valence-electron chi connectivity index (χ4n) is 2.44. The largest absolute Gasteiger partial charge is 0.489 e. The van der Waals surface area contributed by atoms with Crippen LogP contribution in [0.25, 0.3) is 11.1 Å². The second kappa shape index (κ2) is 7.32. The minimum Gasteiger partial charge on any atom is -0.489 e. The molecule has 3 heteroatoms. The second-order valence-corrected chi connectivity index (χ2v) is 5.74. The van der Waals surface area contributed by atoms with Crippen LogP contribution in [-0.4, -0.2) is 0 Å². The Morgan fingerprint density at radius 3 is 2.22 bits per heavy atom. The number of halogens is 1. The maximum atomic E-state index is 5.94. The molecule has 0 fully saturated rings. The summed E-state index contributed by atoms with van der Waals surface area (Å²) in [4.78, 5) is 0. The normalized spacial score (nSPS) is 10.5. The monoisotopic (exact) mass is 323 g/mol. The van der Waals surface area contributed by atoms with E-state index in [0.717, 1.165) is 33.0 Å². The van der Waals surface area contributed by atoms with Crippen molar-refractivity contribution in [2.24, 2.45) is 5.73 Å². The summed E-state index contributed by atoms with van der Waals surface area (Å²) in [5.74, 6) is 0.828. The summed E-state index contributed by atoms with van der Waals surface area (Å²) in [6, 6.07) is 24.0. The SMILES string of the molecule is NCc1cc(-c2ccc(Cl)cc2)ccc1OCc1ccccc1. The van der Waals surface area contributed by atoms with Crippen LogP contribution in [0.2, 0.25) is 5.02 Å². The van der Waals surface area contributed by atoms with Crippen molar-refractivity contribution in [2.75, 3.05) is 0 Å². The van der Waals surface area contributed by atoms with E-state index in [-0.39, 0.29) is 0 Å². The predicted molar refractivity (Wildman–Crippen MR) is 95.6 cm³/mol. The molecule has 0 aliphatic carbocycles. The molecule has 116 valence electrons. The average molecular weight is 324 g/mol. The molecular formula is C20H18ClNO. The second-order valence-electron chi connectivity index (χ2n) is 5.31. The van der Waals surface area contributed by atoms with Gasteiger partial charge in [0.1, 0.15) is 12.4 Å². The lowest BCUT2D eigenvalue weighted by Crippen LogP contribution is -2.03. The third-order valence-electron chi connectivity index (χ3n) is 3.70. The molecular weight excluding hydrogens is 306 g/mol. The number of nitrogens with two attached hydrogens (primary N) is 1. The van der Waals surface area contributed by atoms with Crippen molar-refractivity contribution in [2.45, 2.75) is 13.2 Å². The van der Waals surface area contributed by atoms with Crippen LogP contribution < -0.4 is 10.5 Å². The number of ether oxygens (including phenoxy) is 1. The minimum atomic E-state index is 0.436. The molecule has 0 aliphatic heterocycles. The van der Waals surface area contributed by atoms with Crippen molar-refractivity contribution < 1.29 is 4.74 Å². The van der Waals surface area contributed by atoms with Gasteiger partial charge in [0, 0.05) is 17.1 Å². The standard InChI is InChI=1S/C20H18ClNO/c21-19-9-6-16(7-10-19)17-8-11-20(18(12-17)13-22)23-14-15-4-2-1-3-5-15/h1-12H,13-14,22H2. The molecule has 0 aliphatic rings. The van der Waals surface area contributed by atoms with Crippen LogP contribution in [0.1, 0.15) is 11.1 Å². The van der Waals surface area contributed by atoms with E-state index in [2.05, 4.69) is 6.07 Å². The van der Waals surface area contributed by atoms with E-state index in [1.54, 1.807) is 0 Å². The first-order valence-corrected chi connectivity index (χ1v) is 7.90. The molecule has 0 amide bonds. The van der Waals surface area contributed by atoms with E-state index in [4.69, 9.17) is 22.1 Å². The molecule has 0 saturated heterocycles. The van der Waals surface area contributed by atoms with Gasteiger partial charge in [-0.05, 0) is 41.0 Å². The summed E-state index contributed by atoms with van der Waals surface area (Å²) in [6.45, 7) is 0.972. The lowest BCUT2D eigenvalue weighted by Gasteiger charge is -2.12. The van der Waals surface area contributed by atoms with Crippen molar-refractivity contribution >= 4 is 11.6 Å². The van der Waals surface area contributed by atoms with Gasteiger partial charge >= 0.3 is 0 Å². The van der Waals surface area contributed by atoms with E-state index < -0.39 is 0 Å². The first kappa shape index (κ1) is 15.6. The highest BCUT2D eigenvalue weighted by Gasteiger charge is 2.06. The predicted octanol–water partition coefficient (Wildman–Crippen LogP) is 5.04. The Hall–Kier alpha value is -2.29. The topological polar surface area (TPSA) is 35.2 Å². The van der Waals surface area contributed by atoms with E-state index in [9.17, 15) is 0 Å². The lowest BCUT2D eigenvalue weighted by molar-refractivity contribution is 0.303. The van der Waals surface area contributed by atoms with Gasteiger partial charge < -0.3 is 10.5 Å².